The number of anilines is 1. The quantitative estimate of drug-likeness (QED) is 0.455. The summed E-state index contributed by atoms with van der Waals surface area (Å²) < 4.78 is 24.7. The Labute approximate surface area is 190 Å². The van der Waals surface area contributed by atoms with Gasteiger partial charge in [-0.05, 0) is 48.9 Å². The molecule has 0 heterocycles. The molecule has 4 rings (SSSR count). The molecule has 6 nitrogen and oxygen atoms in total. The molecule has 3 aromatic carbocycles. The number of benzene rings is 3. The van der Waals surface area contributed by atoms with Crippen molar-refractivity contribution in [2.45, 2.75) is 17.7 Å². The second-order valence-corrected chi connectivity index (χ2v) is 9.93. The van der Waals surface area contributed by atoms with Gasteiger partial charge in [0.1, 0.15) is 0 Å². The predicted molar refractivity (Wildman–Crippen MR) is 121 cm³/mol. The van der Waals surface area contributed by atoms with Crippen molar-refractivity contribution in [3.05, 3.63) is 94.0 Å². The number of fused-ring (bicyclic) bond motifs is 2. The Morgan fingerprint density at radius 3 is 2.06 bits per heavy atom. The molecule has 1 aliphatic carbocycles. The molecule has 0 fully saturated rings. The predicted octanol–water partition coefficient (Wildman–Crippen LogP) is 4.31. The average Bonchev–Trinajstić information content (AvgIpc) is 2.77. The van der Waals surface area contributed by atoms with Gasteiger partial charge in [-0.25, -0.2) is 8.42 Å². The Hall–Kier alpha value is -3.29. The van der Waals surface area contributed by atoms with E-state index in [-0.39, 0.29) is 46.5 Å². The zero-order chi connectivity index (χ0) is 22.9. The number of halogens is 1. The van der Waals surface area contributed by atoms with E-state index < -0.39 is 9.84 Å². The van der Waals surface area contributed by atoms with Crippen LogP contribution >= 0.6 is 11.6 Å². The van der Waals surface area contributed by atoms with Gasteiger partial charge in [0, 0.05) is 39.4 Å². The van der Waals surface area contributed by atoms with Crippen LogP contribution in [0.2, 0.25) is 5.02 Å². The van der Waals surface area contributed by atoms with E-state index in [2.05, 4.69) is 5.32 Å². The molecule has 0 atom stereocenters. The monoisotopic (exact) mass is 467 g/mol. The third-order valence-electron chi connectivity index (χ3n) is 5.20. The summed E-state index contributed by atoms with van der Waals surface area (Å²) in [6.07, 6.45) is 0.117. The lowest BCUT2D eigenvalue weighted by Crippen LogP contribution is -2.21. The van der Waals surface area contributed by atoms with Crippen LogP contribution in [0.1, 0.15) is 44.7 Å². The van der Waals surface area contributed by atoms with Crippen LogP contribution < -0.4 is 5.32 Å². The van der Waals surface area contributed by atoms with E-state index in [4.69, 9.17) is 11.6 Å². The fourth-order valence-corrected chi connectivity index (χ4v) is 5.02. The molecule has 0 spiro atoms. The Kier molecular flexibility index (Phi) is 5.95. The molecular weight excluding hydrogens is 450 g/mol. The average molecular weight is 468 g/mol. The lowest BCUT2D eigenvalue weighted by molar-refractivity contribution is -0.116. The fraction of sp³-hybridized carbons (Fsp3) is 0.125. The van der Waals surface area contributed by atoms with Gasteiger partial charge in [-0.1, -0.05) is 35.9 Å². The van der Waals surface area contributed by atoms with E-state index in [1.54, 1.807) is 30.3 Å². The summed E-state index contributed by atoms with van der Waals surface area (Å²) in [6.45, 7) is 0. The maximum atomic E-state index is 12.8. The summed E-state index contributed by atoms with van der Waals surface area (Å²) in [5.41, 5.74) is 1.59. The molecule has 3 aromatic rings. The molecule has 162 valence electrons. The zero-order valence-electron chi connectivity index (χ0n) is 16.8. The lowest BCUT2D eigenvalue weighted by atomic mass is 9.84. The topological polar surface area (TPSA) is 97.4 Å². The van der Waals surface area contributed by atoms with E-state index in [9.17, 15) is 22.8 Å². The smallest absolute Gasteiger partial charge is 0.224 e. The third-order valence-corrected chi connectivity index (χ3v) is 7.27. The summed E-state index contributed by atoms with van der Waals surface area (Å²) in [7, 11) is -3.52. The number of hydrogen-bond donors (Lipinski definition) is 1. The van der Waals surface area contributed by atoms with Crippen molar-refractivity contribution >= 4 is 44.6 Å². The molecule has 0 unspecified atom stereocenters. The molecule has 32 heavy (non-hydrogen) atoms. The van der Waals surface area contributed by atoms with Crippen LogP contribution in [0.3, 0.4) is 0 Å². The van der Waals surface area contributed by atoms with E-state index >= 15 is 0 Å². The van der Waals surface area contributed by atoms with Gasteiger partial charge in [-0.2, -0.15) is 0 Å². The SMILES string of the molecule is O=C(CCCS(=O)(=O)c1ccc(Cl)cc1)Nc1ccc2c(c1)C(=O)c1ccccc1C2=O. The van der Waals surface area contributed by atoms with Gasteiger partial charge < -0.3 is 5.32 Å². The van der Waals surface area contributed by atoms with Crippen molar-refractivity contribution in [1.29, 1.82) is 0 Å². The highest BCUT2D eigenvalue weighted by molar-refractivity contribution is 7.91. The Morgan fingerprint density at radius 2 is 1.41 bits per heavy atom. The van der Waals surface area contributed by atoms with Crippen LogP contribution in [0.15, 0.2) is 71.6 Å². The summed E-state index contributed by atoms with van der Waals surface area (Å²) >= 11 is 5.78. The molecule has 1 aliphatic rings. The Balaban J connectivity index is 1.41. The summed E-state index contributed by atoms with van der Waals surface area (Å²) in [4.78, 5) is 37.9. The van der Waals surface area contributed by atoms with Gasteiger partial charge >= 0.3 is 0 Å². The highest BCUT2D eigenvalue weighted by Crippen LogP contribution is 2.29. The standard InChI is InChI=1S/C24H18ClNO5S/c25-15-7-10-17(11-8-15)32(30,31)13-3-6-22(27)26-16-9-12-20-21(14-16)24(29)19-5-2-1-4-18(19)23(20)28/h1-2,4-5,7-12,14H,3,6,13H2,(H,26,27). The molecule has 0 aromatic heterocycles. The van der Waals surface area contributed by atoms with Gasteiger partial charge in [0.05, 0.1) is 10.6 Å². The second-order valence-electron chi connectivity index (χ2n) is 7.39. The molecule has 1 amide bonds. The number of ketones is 2. The van der Waals surface area contributed by atoms with Gasteiger partial charge in [0.25, 0.3) is 0 Å². The number of rotatable bonds is 6. The van der Waals surface area contributed by atoms with Crippen molar-refractivity contribution in [3.8, 4) is 0 Å². The molecule has 8 heteroatoms. The van der Waals surface area contributed by atoms with Crippen molar-refractivity contribution < 1.29 is 22.8 Å². The molecule has 0 bridgehead atoms. The first kappa shape index (κ1) is 21.9. The minimum Gasteiger partial charge on any atom is -0.326 e. The van der Waals surface area contributed by atoms with Gasteiger partial charge in [-0.3, -0.25) is 14.4 Å². The van der Waals surface area contributed by atoms with Crippen molar-refractivity contribution in [1.82, 2.24) is 0 Å². The first-order valence-corrected chi connectivity index (χ1v) is 11.9. The number of nitrogens with one attached hydrogen (secondary N) is 1. The zero-order valence-corrected chi connectivity index (χ0v) is 18.4. The Bertz CT molecular complexity index is 1350. The van der Waals surface area contributed by atoms with Crippen LogP contribution in [0, 0.1) is 0 Å². The first-order valence-electron chi connectivity index (χ1n) is 9.87. The molecule has 1 N–H and O–H groups in total. The number of hydrogen-bond acceptors (Lipinski definition) is 5. The Morgan fingerprint density at radius 1 is 0.812 bits per heavy atom. The minimum atomic E-state index is -3.52. The second kappa shape index (κ2) is 8.68. The molecule has 0 saturated heterocycles. The number of amides is 1. The molecule has 0 saturated carbocycles. The van der Waals surface area contributed by atoms with E-state index in [0.717, 1.165) is 0 Å². The van der Waals surface area contributed by atoms with Crippen molar-refractivity contribution in [2.75, 3.05) is 11.1 Å². The van der Waals surface area contributed by atoms with Gasteiger partial charge in [-0.15, -0.1) is 0 Å². The number of carbonyl (C=O) groups excluding carboxylic acids is 3. The summed E-state index contributed by atoms with van der Waals surface area (Å²) in [5.74, 6) is -1.08. The maximum Gasteiger partial charge on any atom is 0.224 e. The largest absolute Gasteiger partial charge is 0.326 e. The molecule has 0 radical (unpaired) electrons. The number of sulfone groups is 1. The normalized spacial score (nSPS) is 12.8. The summed E-state index contributed by atoms with van der Waals surface area (Å²) in [6, 6.07) is 17.0. The van der Waals surface area contributed by atoms with E-state index in [1.807, 2.05) is 0 Å². The minimum absolute atomic E-state index is 0.0143. The van der Waals surface area contributed by atoms with Crippen LogP contribution in [-0.4, -0.2) is 31.6 Å². The van der Waals surface area contributed by atoms with E-state index in [1.165, 1.54) is 36.4 Å². The van der Waals surface area contributed by atoms with Crippen LogP contribution in [0.25, 0.3) is 0 Å². The highest BCUT2D eigenvalue weighted by atomic mass is 35.5. The van der Waals surface area contributed by atoms with Gasteiger partial charge in [0.15, 0.2) is 21.4 Å². The maximum absolute atomic E-state index is 12.8. The number of carbonyl (C=O) groups is 3. The third kappa shape index (κ3) is 4.35. The summed E-state index contributed by atoms with van der Waals surface area (Å²) in [5, 5.41) is 3.11. The van der Waals surface area contributed by atoms with Crippen molar-refractivity contribution in [3.63, 3.8) is 0 Å². The van der Waals surface area contributed by atoms with E-state index in [0.29, 0.717) is 27.4 Å². The molecule has 0 aliphatic heterocycles. The van der Waals surface area contributed by atoms with Crippen molar-refractivity contribution in [2.24, 2.45) is 0 Å². The van der Waals surface area contributed by atoms with Crippen LogP contribution in [0.4, 0.5) is 5.69 Å². The molecular formula is C24H18ClNO5S. The van der Waals surface area contributed by atoms with Gasteiger partial charge in [0.2, 0.25) is 5.91 Å². The van der Waals surface area contributed by atoms with Crippen LogP contribution in [-0.2, 0) is 14.6 Å². The highest BCUT2D eigenvalue weighted by Gasteiger charge is 2.29. The first-order chi connectivity index (χ1) is 15.3. The fourth-order valence-electron chi connectivity index (χ4n) is 3.58. The lowest BCUT2D eigenvalue weighted by Gasteiger charge is -2.18. The van der Waals surface area contributed by atoms with Crippen LogP contribution in [0.5, 0.6) is 0 Å².